The standard InChI is InChI=1S/C21H28NO5PS2/c1-4-26-28(25,27-21-9-7-20(8-10-21)22(23)24)11-5-6-17-12-18(15-29-2)14-19(13-17)16-30-3/h7-10,12-14H,4-6,11,15-16H2,1-3H3. The summed E-state index contributed by atoms with van der Waals surface area (Å²) in [5.41, 5.74) is 3.79. The Morgan fingerprint density at radius 3 is 2.07 bits per heavy atom. The number of thioether (sulfide) groups is 2. The molecule has 1 unspecified atom stereocenters. The number of aryl methyl sites for hydroxylation is 1. The van der Waals surface area contributed by atoms with Gasteiger partial charge in [0.25, 0.3) is 5.69 Å². The van der Waals surface area contributed by atoms with Gasteiger partial charge in [0.2, 0.25) is 0 Å². The molecular formula is C21H28NO5PS2. The monoisotopic (exact) mass is 469 g/mol. The topological polar surface area (TPSA) is 78.7 Å². The molecule has 0 spiro atoms. The number of non-ortho nitro benzene ring substituents is 1. The van der Waals surface area contributed by atoms with E-state index in [2.05, 4.69) is 30.7 Å². The molecular weight excluding hydrogens is 441 g/mol. The molecule has 6 nitrogen and oxygen atoms in total. The van der Waals surface area contributed by atoms with Gasteiger partial charge in [-0.1, -0.05) is 18.2 Å². The Kier molecular flexibility index (Phi) is 10.2. The molecule has 0 saturated heterocycles. The maximum atomic E-state index is 13.1. The number of benzene rings is 2. The van der Waals surface area contributed by atoms with Crippen LogP contribution in [0.5, 0.6) is 5.75 Å². The molecule has 0 N–H and O–H groups in total. The van der Waals surface area contributed by atoms with Crippen LogP contribution >= 0.6 is 31.1 Å². The van der Waals surface area contributed by atoms with Crippen molar-refractivity contribution < 1.29 is 18.5 Å². The molecule has 0 saturated carbocycles. The maximum absolute atomic E-state index is 13.1. The van der Waals surface area contributed by atoms with Gasteiger partial charge >= 0.3 is 7.60 Å². The summed E-state index contributed by atoms with van der Waals surface area (Å²) in [6.45, 7) is 2.04. The second kappa shape index (κ2) is 12.4. The van der Waals surface area contributed by atoms with E-state index in [0.717, 1.165) is 17.9 Å². The van der Waals surface area contributed by atoms with E-state index in [9.17, 15) is 14.7 Å². The predicted molar refractivity (Wildman–Crippen MR) is 127 cm³/mol. The van der Waals surface area contributed by atoms with Crippen molar-refractivity contribution in [1.82, 2.24) is 0 Å². The highest BCUT2D eigenvalue weighted by Gasteiger charge is 2.25. The van der Waals surface area contributed by atoms with Crippen molar-refractivity contribution >= 4 is 36.8 Å². The van der Waals surface area contributed by atoms with E-state index >= 15 is 0 Å². The minimum atomic E-state index is -3.34. The lowest BCUT2D eigenvalue weighted by molar-refractivity contribution is -0.384. The number of nitrogens with zero attached hydrogens (tertiary/aromatic N) is 1. The Morgan fingerprint density at radius 1 is 1.00 bits per heavy atom. The minimum Gasteiger partial charge on any atom is -0.424 e. The first-order valence-corrected chi connectivity index (χ1v) is 14.2. The number of hydrogen-bond donors (Lipinski definition) is 0. The van der Waals surface area contributed by atoms with Crippen LogP contribution in [0.4, 0.5) is 5.69 Å². The van der Waals surface area contributed by atoms with Crippen LogP contribution in [0.15, 0.2) is 42.5 Å². The van der Waals surface area contributed by atoms with E-state index in [0.29, 0.717) is 12.2 Å². The van der Waals surface area contributed by atoms with Crippen LogP contribution < -0.4 is 4.52 Å². The Morgan fingerprint density at radius 2 is 1.57 bits per heavy atom. The fourth-order valence-electron chi connectivity index (χ4n) is 3.08. The number of nitro groups is 1. The first-order chi connectivity index (χ1) is 14.4. The molecule has 0 aliphatic heterocycles. The molecule has 0 aromatic heterocycles. The Bertz CT molecular complexity index is 852. The fourth-order valence-corrected chi connectivity index (χ4v) is 5.74. The summed E-state index contributed by atoms with van der Waals surface area (Å²) >= 11 is 3.59. The smallest absolute Gasteiger partial charge is 0.379 e. The molecule has 2 aromatic carbocycles. The zero-order chi connectivity index (χ0) is 22.0. The van der Waals surface area contributed by atoms with Crippen molar-refractivity contribution in [3.8, 4) is 5.75 Å². The van der Waals surface area contributed by atoms with Gasteiger partial charge in [0.05, 0.1) is 17.7 Å². The second-order valence-corrected chi connectivity index (χ2v) is 10.6. The number of nitro benzene ring substituents is 1. The molecule has 164 valence electrons. The highest BCUT2D eigenvalue weighted by atomic mass is 32.2. The van der Waals surface area contributed by atoms with Gasteiger partial charge in [-0.05, 0) is 61.1 Å². The molecule has 0 heterocycles. The first-order valence-electron chi connectivity index (χ1n) is 9.66. The molecule has 9 heteroatoms. The zero-order valence-corrected chi connectivity index (χ0v) is 20.1. The van der Waals surface area contributed by atoms with Crippen molar-refractivity contribution in [3.63, 3.8) is 0 Å². The summed E-state index contributed by atoms with van der Waals surface area (Å²) in [5.74, 6) is 2.24. The molecule has 0 aliphatic carbocycles. The van der Waals surface area contributed by atoms with Crippen LogP contribution in [-0.4, -0.2) is 30.2 Å². The molecule has 1 atom stereocenters. The van der Waals surface area contributed by atoms with Gasteiger partial charge < -0.3 is 9.05 Å². The predicted octanol–water partition coefficient (Wildman–Crippen LogP) is 6.56. The third-order valence-electron chi connectivity index (χ3n) is 4.25. The average Bonchev–Trinajstić information content (AvgIpc) is 2.69. The quantitative estimate of drug-likeness (QED) is 0.187. The van der Waals surface area contributed by atoms with Gasteiger partial charge in [-0.25, -0.2) is 4.57 Å². The maximum Gasteiger partial charge on any atom is 0.379 e. The van der Waals surface area contributed by atoms with Gasteiger partial charge in [0.15, 0.2) is 0 Å². The van der Waals surface area contributed by atoms with Crippen LogP contribution in [0, 0.1) is 10.1 Å². The van der Waals surface area contributed by atoms with Crippen LogP contribution in [-0.2, 0) is 27.0 Å². The lowest BCUT2D eigenvalue weighted by atomic mass is 10.0. The summed E-state index contributed by atoms with van der Waals surface area (Å²) in [6.07, 6.45) is 5.90. The lowest BCUT2D eigenvalue weighted by Crippen LogP contribution is -2.04. The summed E-state index contributed by atoms with van der Waals surface area (Å²) in [6, 6.07) is 12.2. The van der Waals surface area contributed by atoms with E-state index in [-0.39, 0.29) is 18.5 Å². The van der Waals surface area contributed by atoms with Gasteiger partial charge in [0.1, 0.15) is 5.75 Å². The van der Waals surface area contributed by atoms with E-state index in [4.69, 9.17) is 9.05 Å². The highest BCUT2D eigenvalue weighted by Crippen LogP contribution is 2.49. The van der Waals surface area contributed by atoms with Gasteiger partial charge in [0, 0.05) is 23.6 Å². The first kappa shape index (κ1) is 24.8. The fraction of sp³-hybridized carbons (Fsp3) is 0.429. The van der Waals surface area contributed by atoms with E-state index < -0.39 is 12.5 Å². The van der Waals surface area contributed by atoms with Crippen LogP contribution in [0.25, 0.3) is 0 Å². The molecule has 0 fully saturated rings. The van der Waals surface area contributed by atoms with E-state index in [1.165, 1.54) is 41.0 Å². The second-order valence-electron chi connectivity index (χ2n) is 6.72. The normalized spacial score (nSPS) is 13.0. The SMILES string of the molecule is CCOP(=O)(CCCc1cc(CSC)cc(CSC)c1)Oc1ccc([N+](=O)[O-])cc1. The molecule has 0 radical (unpaired) electrons. The van der Waals surface area contributed by atoms with Crippen molar-refractivity contribution in [2.75, 3.05) is 25.3 Å². The van der Waals surface area contributed by atoms with Gasteiger partial charge in [-0.2, -0.15) is 23.5 Å². The molecule has 30 heavy (non-hydrogen) atoms. The van der Waals surface area contributed by atoms with Gasteiger partial charge in [-0.15, -0.1) is 0 Å². The highest BCUT2D eigenvalue weighted by molar-refractivity contribution is 7.98. The van der Waals surface area contributed by atoms with Crippen molar-refractivity contribution in [2.24, 2.45) is 0 Å². The molecule has 2 aromatic rings. The van der Waals surface area contributed by atoms with Crippen molar-refractivity contribution in [3.05, 3.63) is 69.3 Å². The molecule has 2 rings (SSSR count). The van der Waals surface area contributed by atoms with Crippen LogP contribution in [0.2, 0.25) is 0 Å². The Balaban J connectivity index is 2.04. The summed E-state index contributed by atoms with van der Waals surface area (Å²) in [5, 5.41) is 10.8. The molecule has 0 bridgehead atoms. The van der Waals surface area contributed by atoms with E-state index in [1.54, 1.807) is 30.4 Å². The summed E-state index contributed by atoms with van der Waals surface area (Å²) < 4.78 is 24.3. The third-order valence-corrected chi connectivity index (χ3v) is 7.50. The third kappa shape index (κ3) is 7.99. The lowest BCUT2D eigenvalue weighted by Gasteiger charge is -2.19. The molecule has 0 amide bonds. The largest absolute Gasteiger partial charge is 0.424 e. The summed E-state index contributed by atoms with van der Waals surface area (Å²) in [7, 11) is -3.34. The molecule has 0 aliphatic rings. The van der Waals surface area contributed by atoms with Crippen LogP contribution in [0.3, 0.4) is 0 Å². The zero-order valence-electron chi connectivity index (χ0n) is 17.5. The number of rotatable bonds is 13. The van der Waals surface area contributed by atoms with Crippen molar-refractivity contribution in [2.45, 2.75) is 31.3 Å². The summed E-state index contributed by atoms with van der Waals surface area (Å²) in [4.78, 5) is 10.3. The van der Waals surface area contributed by atoms with Gasteiger partial charge in [-0.3, -0.25) is 10.1 Å². The van der Waals surface area contributed by atoms with Crippen LogP contribution in [0.1, 0.15) is 30.0 Å². The minimum absolute atomic E-state index is 0.0419. The van der Waals surface area contributed by atoms with E-state index in [1.807, 2.05) is 0 Å². The average molecular weight is 470 g/mol. The Labute approximate surface area is 186 Å². The van der Waals surface area contributed by atoms with Crippen molar-refractivity contribution in [1.29, 1.82) is 0 Å². The Hall–Kier alpha value is -1.47. The number of hydrogen-bond acceptors (Lipinski definition) is 7.